The molecule has 6 nitrogen and oxygen atoms in total. The summed E-state index contributed by atoms with van der Waals surface area (Å²) < 4.78 is 4.95. The lowest BCUT2D eigenvalue weighted by Crippen LogP contribution is -2.32. The number of benzene rings is 1. The molecule has 0 bridgehead atoms. The molecule has 0 heterocycles. The molecule has 1 aromatic carbocycles. The normalized spacial score (nSPS) is 11.6. The van der Waals surface area contributed by atoms with E-state index in [2.05, 4.69) is 0 Å². The summed E-state index contributed by atoms with van der Waals surface area (Å²) in [5.74, 6) is -3.99. The van der Waals surface area contributed by atoms with Crippen LogP contribution >= 0.6 is 0 Å². The van der Waals surface area contributed by atoms with E-state index in [-0.39, 0.29) is 19.4 Å². The highest BCUT2D eigenvalue weighted by molar-refractivity contribution is 5.97. The number of primary amides is 1. The fourth-order valence-electron chi connectivity index (χ4n) is 1.47. The predicted molar refractivity (Wildman–Crippen MR) is 65.8 cm³/mol. The van der Waals surface area contributed by atoms with E-state index in [1.165, 1.54) is 0 Å². The van der Waals surface area contributed by atoms with E-state index in [1.807, 2.05) is 6.07 Å². The first-order valence-electron chi connectivity index (χ1n) is 5.72. The minimum atomic E-state index is -1.22. The summed E-state index contributed by atoms with van der Waals surface area (Å²) >= 11 is 0. The van der Waals surface area contributed by atoms with Crippen LogP contribution in [0.25, 0.3) is 0 Å². The quantitative estimate of drug-likeness (QED) is 0.557. The van der Waals surface area contributed by atoms with Crippen molar-refractivity contribution in [1.82, 2.24) is 0 Å². The third kappa shape index (κ3) is 5.20. The molecule has 1 atom stereocenters. The second-order valence-corrected chi connectivity index (χ2v) is 3.98. The van der Waals surface area contributed by atoms with Gasteiger partial charge in [-0.25, -0.2) is 0 Å². The third-order valence-corrected chi connectivity index (χ3v) is 2.50. The first kappa shape index (κ1) is 14.7. The summed E-state index contributed by atoms with van der Waals surface area (Å²) in [7, 11) is 0. The molecule has 19 heavy (non-hydrogen) atoms. The van der Waals surface area contributed by atoms with Crippen molar-refractivity contribution in [3.8, 4) is 0 Å². The average molecular weight is 265 g/mol. The van der Waals surface area contributed by atoms with Crippen molar-refractivity contribution in [2.24, 2.45) is 11.7 Å². The maximum Gasteiger partial charge on any atom is 0.318 e. The monoisotopic (exact) mass is 265 g/mol. The standard InChI is InChI=1S/C13H15NO5/c14-12(17)10(6-7-11(15)16)13(18)19-8-9-4-2-1-3-5-9/h1-5,10H,6-8H2,(H2,14,17)(H,15,16). The van der Waals surface area contributed by atoms with E-state index in [4.69, 9.17) is 15.6 Å². The molecule has 0 aliphatic heterocycles. The van der Waals surface area contributed by atoms with Crippen LogP contribution in [0.4, 0.5) is 0 Å². The molecule has 1 unspecified atom stereocenters. The topological polar surface area (TPSA) is 107 Å². The van der Waals surface area contributed by atoms with Crippen LogP contribution < -0.4 is 5.73 Å². The zero-order chi connectivity index (χ0) is 14.3. The van der Waals surface area contributed by atoms with Crippen LogP contribution in [0.15, 0.2) is 30.3 Å². The lowest BCUT2D eigenvalue weighted by Gasteiger charge is -2.11. The second kappa shape index (κ2) is 7.15. The van der Waals surface area contributed by atoms with E-state index in [9.17, 15) is 14.4 Å². The number of hydrogen-bond donors (Lipinski definition) is 2. The Balaban J connectivity index is 2.53. The summed E-state index contributed by atoms with van der Waals surface area (Å²) in [5.41, 5.74) is 5.84. The van der Waals surface area contributed by atoms with Crippen molar-refractivity contribution >= 4 is 17.8 Å². The number of carboxylic acid groups (broad SMARTS) is 1. The van der Waals surface area contributed by atoms with E-state index in [1.54, 1.807) is 24.3 Å². The lowest BCUT2D eigenvalue weighted by atomic mass is 10.0. The summed E-state index contributed by atoms with van der Waals surface area (Å²) in [6, 6.07) is 8.94. The Morgan fingerprint density at radius 3 is 2.37 bits per heavy atom. The molecule has 0 aliphatic carbocycles. The number of rotatable bonds is 7. The third-order valence-electron chi connectivity index (χ3n) is 2.50. The highest BCUT2D eigenvalue weighted by Gasteiger charge is 2.26. The van der Waals surface area contributed by atoms with E-state index < -0.39 is 23.8 Å². The van der Waals surface area contributed by atoms with Crippen LogP contribution in [0.3, 0.4) is 0 Å². The molecular weight excluding hydrogens is 250 g/mol. The smallest absolute Gasteiger partial charge is 0.318 e. The number of esters is 1. The fraction of sp³-hybridized carbons (Fsp3) is 0.308. The molecule has 1 rings (SSSR count). The number of hydrogen-bond acceptors (Lipinski definition) is 4. The molecular formula is C13H15NO5. The predicted octanol–water partition coefficient (Wildman–Crippen LogP) is 0.696. The van der Waals surface area contributed by atoms with Gasteiger partial charge in [-0.05, 0) is 12.0 Å². The van der Waals surface area contributed by atoms with E-state index in [0.717, 1.165) is 5.56 Å². The number of carbonyl (C=O) groups is 3. The molecule has 1 amide bonds. The van der Waals surface area contributed by atoms with Crippen LogP contribution in [0.1, 0.15) is 18.4 Å². The number of nitrogens with two attached hydrogens (primary N) is 1. The Kier molecular flexibility index (Phi) is 5.53. The van der Waals surface area contributed by atoms with Crippen molar-refractivity contribution in [3.63, 3.8) is 0 Å². The van der Waals surface area contributed by atoms with Crippen molar-refractivity contribution in [2.45, 2.75) is 19.4 Å². The molecule has 0 spiro atoms. The Morgan fingerprint density at radius 2 is 1.84 bits per heavy atom. The number of amides is 1. The number of ether oxygens (including phenoxy) is 1. The fourth-order valence-corrected chi connectivity index (χ4v) is 1.47. The summed E-state index contributed by atoms with van der Waals surface area (Å²) in [5, 5.41) is 8.53. The largest absolute Gasteiger partial charge is 0.481 e. The molecule has 0 aromatic heterocycles. The van der Waals surface area contributed by atoms with E-state index in [0.29, 0.717) is 0 Å². The van der Waals surface area contributed by atoms with Crippen LogP contribution in [-0.2, 0) is 25.7 Å². The Hall–Kier alpha value is -2.37. The van der Waals surface area contributed by atoms with Crippen LogP contribution in [0.2, 0.25) is 0 Å². The SMILES string of the molecule is NC(=O)C(CCC(=O)O)C(=O)OCc1ccccc1. The first-order valence-corrected chi connectivity index (χ1v) is 5.72. The van der Waals surface area contributed by atoms with Crippen LogP contribution in [-0.4, -0.2) is 23.0 Å². The number of carbonyl (C=O) groups excluding carboxylic acids is 2. The van der Waals surface area contributed by atoms with Gasteiger partial charge in [-0.15, -0.1) is 0 Å². The molecule has 0 fully saturated rings. The molecule has 6 heteroatoms. The highest BCUT2D eigenvalue weighted by Crippen LogP contribution is 2.10. The Bertz CT molecular complexity index is 457. The molecule has 1 aromatic rings. The van der Waals surface area contributed by atoms with Crippen molar-refractivity contribution in [3.05, 3.63) is 35.9 Å². The Labute approximate surface area is 110 Å². The minimum Gasteiger partial charge on any atom is -0.481 e. The maximum atomic E-state index is 11.7. The maximum absolute atomic E-state index is 11.7. The van der Waals surface area contributed by atoms with Crippen molar-refractivity contribution < 1.29 is 24.2 Å². The van der Waals surface area contributed by atoms with E-state index >= 15 is 0 Å². The second-order valence-electron chi connectivity index (χ2n) is 3.98. The summed E-state index contributed by atoms with van der Waals surface area (Å²) in [6.07, 6.45) is -0.466. The number of aliphatic carboxylic acids is 1. The van der Waals surface area contributed by atoms with Gasteiger partial charge in [0, 0.05) is 6.42 Å². The number of carboxylic acids is 1. The zero-order valence-electron chi connectivity index (χ0n) is 10.2. The van der Waals surface area contributed by atoms with Gasteiger partial charge in [0.1, 0.15) is 12.5 Å². The molecule has 0 aliphatic rings. The molecule has 0 radical (unpaired) electrons. The zero-order valence-corrected chi connectivity index (χ0v) is 10.2. The first-order chi connectivity index (χ1) is 9.00. The van der Waals surface area contributed by atoms with Gasteiger partial charge in [0.25, 0.3) is 0 Å². The van der Waals surface area contributed by atoms with Gasteiger partial charge >= 0.3 is 11.9 Å². The molecule has 0 saturated heterocycles. The molecule has 102 valence electrons. The average Bonchev–Trinajstić information content (AvgIpc) is 2.37. The van der Waals surface area contributed by atoms with Gasteiger partial charge in [0.05, 0.1) is 0 Å². The minimum absolute atomic E-state index is 0.0243. The van der Waals surface area contributed by atoms with Crippen LogP contribution in [0.5, 0.6) is 0 Å². The van der Waals surface area contributed by atoms with Gasteiger partial charge in [0.15, 0.2) is 0 Å². The molecule has 3 N–H and O–H groups in total. The van der Waals surface area contributed by atoms with Gasteiger partial charge in [-0.3, -0.25) is 14.4 Å². The van der Waals surface area contributed by atoms with Gasteiger partial charge < -0.3 is 15.6 Å². The summed E-state index contributed by atoms with van der Waals surface area (Å²) in [4.78, 5) is 33.2. The summed E-state index contributed by atoms with van der Waals surface area (Å²) in [6.45, 7) is 0.0243. The lowest BCUT2D eigenvalue weighted by molar-refractivity contribution is -0.153. The Morgan fingerprint density at radius 1 is 1.21 bits per heavy atom. The van der Waals surface area contributed by atoms with Gasteiger partial charge in [-0.1, -0.05) is 30.3 Å². The van der Waals surface area contributed by atoms with Crippen molar-refractivity contribution in [2.75, 3.05) is 0 Å². The van der Waals surface area contributed by atoms with Crippen molar-refractivity contribution in [1.29, 1.82) is 0 Å². The van der Waals surface area contributed by atoms with Crippen LogP contribution in [0, 0.1) is 5.92 Å². The van der Waals surface area contributed by atoms with Gasteiger partial charge in [0.2, 0.25) is 5.91 Å². The van der Waals surface area contributed by atoms with Gasteiger partial charge in [-0.2, -0.15) is 0 Å². The highest BCUT2D eigenvalue weighted by atomic mass is 16.5. The molecule has 0 saturated carbocycles.